The summed E-state index contributed by atoms with van der Waals surface area (Å²) < 4.78 is 5.18. The first-order valence-corrected chi connectivity index (χ1v) is 9.34. The van der Waals surface area contributed by atoms with Gasteiger partial charge in [0.25, 0.3) is 0 Å². The van der Waals surface area contributed by atoms with Crippen LogP contribution in [0.4, 0.5) is 17.8 Å². The van der Waals surface area contributed by atoms with Gasteiger partial charge in [0.05, 0.1) is 19.8 Å². The Labute approximate surface area is 160 Å². The number of nitrogens with zero attached hydrogens (tertiary/aromatic N) is 3. The Hall–Kier alpha value is -2.61. The molecule has 0 saturated carbocycles. The van der Waals surface area contributed by atoms with E-state index in [0.717, 1.165) is 24.2 Å². The van der Waals surface area contributed by atoms with Gasteiger partial charge in [-0.15, -0.1) is 0 Å². The van der Waals surface area contributed by atoms with Crippen molar-refractivity contribution >= 4 is 17.8 Å². The molecule has 0 saturated heterocycles. The Balaban J connectivity index is 2.14. The van der Waals surface area contributed by atoms with Gasteiger partial charge in [-0.1, -0.05) is 26.0 Å². The summed E-state index contributed by atoms with van der Waals surface area (Å²) in [5, 5.41) is 19.1. The van der Waals surface area contributed by atoms with Gasteiger partial charge >= 0.3 is 0 Å². The molecule has 0 bridgehead atoms. The van der Waals surface area contributed by atoms with E-state index in [1.54, 1.807) is 7.11 Å². The molecule has 27 heavy (non-hydrogen) atoms. The molecule has 8 heteroatoms. The number of benzene rings is 1. The van der Waals surface area contributed by atoms with E-state index in [0.29, 0.717) is 24.4 Å². The Morgan fingerprint density at radius 3 is 2.15 bits per heavy atom. The van der Waals surface area contributed by atoms with Gasteiger partial charge in [-0.05, 0) is 37.5 Å². The molecule has 0 aliphatic carbocycles. The van der Waals surface area contributed by atoms with Gasteiger partial charge in [0.2, 0.25) is 17.8 Å². The smallest absolute Gasteiger partial charge is 0.229 e. The molecule has 1 heterocycles. The van der Waals surface area contributed by atoms with E-state index in [1.807, 2.05) is 31.2 Å². The van der Waals surface area contributed by atoms with Crippen LogP contribution in [0.15, 0.2) is 24.3 Å². The normalized spacial score (nSPS) is 12.9. The highest BCUT2D eigenvalue weighted by atomic mass is 16.5. The van der Waals surface area contributed by atoms with Crippen LogP contribution < -0.4 is 20.7 Å². The third kappa shape index (κ3) is 6.56. The van der Waals surface area contributed by atoms with Crippen LogP contribution in [-0.4, -0.2) is 45.9 Å². The topological polar surface area (TPSA) is 104 Å². The van der Waals surface area contributed by atoms with Crippen molar-refractivity contribution in [2.45, 2.75) is 52.2 Å². The third-order valence-electron chi connectivity index (χ3n) is 4.28. The molecule has 0 amide bonds. The molecule has 2 aromatic rings. The SMILES string of the molecule is CCC(C)Nc1nc(NCc2ccc(OC)cc2)nc(N[C@H](CC)CO)n1. The summed E-state index contributed by atoms with van der Waals surface area (Å²) >= 11 is 0. The number of nitrogens with one attached hydrogen (secondary N) is 3. The minimum Gasteiger partial charge on any atom is -0.497 e. The average Bonchev–Trinajstić information content (AvgIpc) is 2.70. The second kappa shape index (κ2) is 10.5. The highest BCUT2D eigenvalue weighted by Crippen LogP contribution is 2.15. The number of hydrogen-bond acceptors (Lipinski definition) is 8. The number of rotatable bonds is 11. The first-order valence-electron chi connectivity index (χ1n) is 9.34. The van der Waals surface area contributed by atoms with Crippen LogP contribution in [0.1, 0.15) is 39.2 Å². The maximum atomic E-state index is 9.43. The van der Waals surface area contributed by atoms with Crippen LogP contribution in [-0.2, 0) is 6.54 Å². The van der Waals surface area contributed by atoms with Crippen molar-refractivity contribution in [1.29, 1.82) is 0 Å². The molecule has 1 unspecified atom stereocenters. The van der Waals surface area contributed by atoms with E-state index in [9.17, 15) is 5.11 Å². The molecule has 2 rings (SSSR count). The molecule has 0 radical (unpaired) electrons. The molecule has 0 spiro atoms. The third-order valence-corrected chi connectivity index (χ3v) is 4.28. The number of hydrogen-bond donors (Lipinski definition) is 4. The standard InChI is InChI=1S/C19H30N6O2/c1-5-13(3)21-18-23-17(24-19(25-18)22-15(6-2)12-26)20-11-14-7-9-16(27-4)10-8-14/h7-10,13,15,26H,5-6,11-12H2,1-4H3,(H3,20,21,22,23,24,25)/t13?,15-/m1/s1. The van der Waals surface area contributed by atoms with Crippen LogP contribution >= 0.6 is 0 Å². The van der Waals surface area contributed by atoms with Crippen molar-refractivity contribution in [2.75, 3.05) is 29.7 Å². The fourth-order valence-electron chi connectivity index (χ4n) is 2.29. The number of anilines is 3. The van der Waals surface area contributed by atoms with Crippen LogP contribution in [0.5, 0.6) is 5.75 Å². The fraction of sp³-hybridized carbons (Fsp3) is 0.526. The van der Waals surface area contributed by atoms with E-state index in [2.05, 4.69) is 44.7 Å². The summed E-state index contributed by atoms with van der Waals surface area (Å²) in [5.74, 6) is 2.24. The largest absolute Gasteiger partial charge is 0.497 e. The maximum Gasteiger partial charge on any atom is 0.229 e. The van der Waals surface area contributed by atoms with E-state index >= 15 is 0 Å². The van der Waals surface area contributed by atoms with Crippen LogP contribution in [0.2, 0.25) is 0 Å². The minimum absolute atomic E-state index is 0.0188. The average molecular weight is 374 g/mol. The molecule has 0 aliphatic heterocycles. The molecular formula is C19H30N6O2. The molecule has 0 fully saturated rings. The van der Waals surface area contributed by atoms with Crippen molar-refractivity contribution in [2.24, 2.45) is 0 Å². The first kappa shape index (κ1) is 20.7. The van der Waals surface area contributed by atoms with Gasteiger partial charge in [0.1, 0.15) is 5.75 Å². The lowest BCUT2D eigenvalue weighted by molar-refractivity contribution is 0.271. The number of aromatic nitrogens is 3. The van der Waals surface area contributed by atoms with Gasteiger partial charge in [0.15, 0.2) is 0 Å². The van der Waals surface area contributed by atoms with Crippen molar-refractivity contribution < 1.29 is 9.84 Å². The highest BCUT2D eigenvalue weighted by molar-refractivity contribution is 5.43. The second-order valence-electron chi connectivity index (χ2n) is 6.39. The van der Waals surface area contributed by atoms with Crippen LogP contribution in [0.25, 0.3) is 0 Å². The highest BCUT2D eigenvalue weighted by Gasteiger charge is 2.12. The number of aliphatic hydroxyl groups excluding tert-OH is 1. The lowest BCUT2D eigenvalue weighted by Gasteiger charge is -2.17. The number of ether oxygens (including phenoxy) is 1. The zero-order valence-electron chi connectivity index (χ0n) is 16.5. The molecule has 0 aliphatic rings. The lowest BCUT2D eigenvalue weighted by Crippen LogP contribution is -2.25. The summed E-state index contributed by atoms with van der Waals surface area (Å²) in [5.41, 5.74) is 1.09. The molecular weight excluding hydrogens is 344 g/mol. The molecule has 1 aromatic heterocycles. The Morgan fingerprint density at radius 2 is 1.59 bits per heavy atom. The Morgan fingerprint density at radius 1 is 0.963 bits per heavy atom. The number of aliphatic hydroxyl groups is 1. The van der Waals surface area contributed by atoms with Crippen molar-refractivity contribution in [3.05, 3.63) is 29.8 Å². The van der Waals surface area contributed by atoms with E-state index < -0.39 is 0 Å². The van der Waals surface area contributed by atoms with Gasteiger partial charge in [-0.25, -0.2) is 0 Å². The maximum absolute atomic E-state index is 9.43. The Bertz CT molecular complexity index is 691. The molecule has 4 N–H and O–H groups in total. The van der Waals surface area contributed by atoms with Gasteiger partial charge in [-0.3, -0.25) is 0 Å². The predicted octanol–water partition coefficient (Wildman–Crippen LogP) is 2.89. The van der Waals surface area contributed by atoms with E-state index in [-0.39, 0.29) is 18.7 Å². The summed E-state index contributed by atoms with van der Waals surface area (Å²) in [6.07, 6.45) is 1.72. The summed E-state index contributed by atoms with van der Waals surface area (Å²) in [6.45, 7) is 6.76. The zero-order chi connectivity index (χ0) is 19.6. The summed E-state index contributed by atoms with van der Waals surface area (Å²) in [4.78, 5) is 13.3. The lowest BCUT2D eigenvalue weighted by atomic mass is 10.2. The van der Waals surface area contributed by atoms with Crippen molar-refractivity contribution in [3.8, 4) is 5.75 Å². The predicted molar refractivity (Wildman–Crippen MR) is 108 cm³/mol. The van der Waals surface area contributed by atoms with Crippen LogP contribution in [0, 0.1) is 0 Å². The van der Waals surface area contributed by atoms with Crippen molar-refractivity contribution in [1.82, 2.24) is 15.0 Å². The minimum atomic E-state index is -0.0988. The molecule has 1 aromatic carbocycles. The first-order chi connectivity index (χ1) is 13.1. The van der Waals surface area contributed by atoms with Gasteiger partial charge in [0, 0.05) is 12.6 Å². The summed E-state index contributed by atoms with van der Waals surface area (Å²) in [7, 11) is 1.65. The fourth-order valence-corrected chi connectivity index (χ4v) is 2.29. The molecule has 2 atom stereocenters. The monoisotopic (exact) mass is 374 g/mol. The second-order valence-corrected chi connectivity index (χ2v) is 6.39. The van der Waals surface area contributed by atoms with Gasteiger partial charge in [-0.2, -0.15) is 15.0 Å². The Kier molecular flexibility index (Phi) is 8.06. The summed E-state index contributed by atoms with van der Waals surface area (Å²) in [6, 6.07) is 7.96. The quantitative estimate of drug-likeness (QED) is 0.476. The molecule has 8 nitrogen and oxygen atoms in total. The zero-order valence-corrected chi connectivity index (χ0v) is 16.5. The molecule has 148 valence electrons. The van der Waals surface area contributed by atoms with Crippen molar-refractivity contribution in [3.63, 3.8) is 0 Å². The van der Waals surface area contributed by atoms with Crippen LogP contribution in [0.3, 0.4) is 0 Å². The number of methoxy groups -OCH3 is 1. The van der Waals surface area contributed by atoms with Gasteiger partial charge < -0.3 is 25.8 Å². The van der Waals surface area contributed by atoms with E-state index in [4.69, 9.17) is 4.74 Å². The van der Waals surface area contributed by atoms with E-state index in [1.165, 1.54) is 0 Å².